The van der Waals surface area contributed by atoms with E-state index in [-0.39, 0.29) is 29.4 Å². The molecular weight excluding hydrogens is 328 g/mol. The fraction of sp³-hybridized carbons (Fsp3) is 0.571. The summed E-state index contributed by atoms with van der Waals surface area (Å²) in [6.07, 6.45) is 0. The molecule has 124 valence electrons. The molecule has 2 atom stereocenters. The molecule has 0 radical (unpaired) electrons. The Bertz CT molecular complexity index is 638. The maximum absolute atomic E-state index is 13.0. The highest BCUT2D eigenvalue weighted by molar-refractivity contribution is 7.89. The highest BCUT2D eigenvalue weighted by atomic mass is 35.5. The summed E-state index contributed by atoms with van der Waals surface area (Å²) in [5, 5.41) is 3.29. The van der Waals surface area contributed by atoms with Crippen LogP contribution in [0.3, 0.4) is 0 Å². The number of para-hydroxylation sites is 1. The van der Waals surface area contributed by atoms with Crippen LogP contribution in [0.2, 0.25) is 0 Å². The van der Waals surface area contributed by atoms with Crippen LogP contribution < -0.4 is 14.8 Å². The molecule has 1 N–H and O–H groups in total. The van der Waals surface area contributed by atoms with Gasteiger partial charge in [-0.05, 0) is 26.0 Å². The van der Waals surface area contributed by atoms with Crippen LogP contribution in [0.4, 0.5) is 0 Å². The van der Waals surface area contributed by atoms with E-state index in [1.807, 2.05) is 13.8 Å². The summed E-state index contributed by atoms with van der Waals surface area (Å²) in [5.41, 5.74) is 0. The van der Waals surface area contributed by atoms with E-state index in [4.69, 9.17) is 9.47 Å². The molecule has 0 bridgehead atoms. The van der Waals surface area contributed by atoms with Gasteiger partial charge >= 0.3 is 0 Å². The maximum atomic E-state index is 13.0. The molecule has 2 aliphatic heterocycles. The van der Waals surface area contributed by atoms with E-state index >= 15 is 0 Å². The number of nitrogens with one attached hydrogen (secondary N) is 1. The third-order valence-corrected chi connectivity index (χ3v) is 6.10. The Morgan fingerprint density at radius 3 is 2.73 bits per heavy atom. The van der Waals surface area contributed by atoms with Crippen molar-refractivity contribution in [1.82, 2.24) is 9.62 Å². The van der Waals surface area contributed by atoms with Crippen molar-refractivity contribution in [2.75, 3.05) is 26.3 Å². The van der Waals surface area contributed by atoms with Crippen molar-refractivity contribution in [2.24, 2.45) is 0 Å². The molecule has 3 rings (SSSR count). The second-order valence-electron chi connectivity index (χ2n) is 5.38. The third-order valence-electron chi connectivity index (χ3n) is 4.09. The maximum Gasteiger partial charge on any atom is 0.247 e. The molecule has 22 heavy (non-hydrogen) atoms. The van der Waals surface area contributed by atoms with Crippen molar-refractivity contribution < 1.29 is 17.9 Å². The molecule has 6 nitrogen and oxygen atoms in total. The van der Waals surface area contributed by atoms with Crippen LogP contribution in [0.15, 0.2) is 23.1 Å². The number of benzene rings is 1. The molecule has 0 spiro atoms. The molecule has 1 fully saturated rings. The van der Waals surface area contributed by atoms with Gasteiger partial charge in [-0.2, -0.15) is 4.31 Å². The van der Waals surface area contributed by atoms with Gasteiger partial charge in [0.2, 0.25) is 10.0 Å². The summed E-state index contributed by atoms with van der Waals surface area (Å²) in [6, 6.07) is 5.02. The average Bonchev–Trinajstić information content (AvgIpc) is 2.49. The fourth-order valence-electron chi connectivity index (χ4n) is 2.74. The van der Waals surface area contributed by atoms with Gasteiger partial charge in [0.05, 0.1) is 0 Å². The largest absolute Gasteiger partial charge is 0.486 e. The monoisotopic (exact) mass is 348 g/mol. The number of rotatable bonds is 2. The van der Waals surface area contributed by atoms with Gasteiger partial charge in [0.1, 0.15) is 18.1 Å². The quantitative estimate of drug-likeness (QED) is 0.871. The lowest BCUT2D eigenvalue weighted by Crippen LogP contribution is -2.57. The van der Waals surface area contributed by atoms with E-state index < -0.39 is 10.0 Å². The van der Waals surface area contributed by atoms with Gasteiger partial charge in [-0.1, -0.05) is 6.07 Å². The molecule has 8 heteroatoms. The number of hydrogen-bond donors (Lipinski definition) is 1. The Kier molecular flexibility index (Phi) is 5.21. The first-order valence-electron chi connectivity index (χ1n) is 7.15. The number of halogens is 1. The van der Waals surface area contributed by atoms with Crippen LogP contribution >= 0.6 is 12.4 Å². The lowest BCUT2D eigenvalue weighted by Gasteiger charge is -2.37. The zero-order chi connectivity index (χ0) is 15.0. The number of piperazine rings is 1. The molecule has 0 aliphatic carbocycles. The molecule has 1 aromatic rings. The first-order chi connectivity index (χ1) is 10.0. The lowest BCUT2D eigenvalue weighted by molar-refractivity contribution is 0.166. The van der Waals surface area contributed by atoms with Crippen LogP contribution in [0, 0.1) is 0 Å². The lowest BCUT2D eigenvalue weighted by atomic mass is 10.1. The molecule has 2 heterocycles. The predicted octanol–water partition coefficient (Wildman–Crippen LogP) is 1.25. The SMILES string of the molecule is CC1NCCN(S(=O)(=O)c2cccc3c2OCCO3)C1C.Cl. The molecule has 0 saturated carbocycles. The number of fused-ring (bicyclic) bond motifs is 1. The van der Waals surface area contributed by atoms with Crippen LogP contribution in [0.25, 0.3) is 0 Å². The summed E-state index contributed by atoms with van der Waals surface area (Å²) in [5.74, 6) is 0.834. The topological polar surface area (TPSA) is 67.9 Å². The minimum Gasteiger partial charge on any atom is -0.486 e. The predicted molar refractivity (Wildman–Crippen MR) is 85.5 cm³/mol. The van der Waals surface area contributed by atoms with Crippen LogP contribution in [-0.4, -0.2) is 51.1 Å². The zero-order valence-corrected chi connectivity index (χ0v) is 14.2. The molecule has 2 aliphatic rings. The van der Waals surface area contributed by atoms with E-state index in [1.165, 1.54) is 0 Å². The Balaban J connectivity index is 0.00000176. The first-order valence-corrected chi connectivity index (χ1v) is 8.59. The van der Waals surface area contributed by atoms with Gasteiger partial charge in [-0.15, -0.1) is 12.4 Å². The van der Waals surface area contributed by atoms with E-state index in [9.17, 15) is 8.42 Å². The van der Waals surface area contributed by atoms with Crippen molar-refractivity contribution >= 4 is 22.4 Å². The van der Waals surface area contributed by atoms with Gasteiger partial charge in [-0.3, -0.25) is 0 Å². The Morgan fingerprint density at radius 2 is 1.95 bits per heavy atom. The highest BCUT2D eigenvalue weighted by Gasteiger charge is 2.37. The summed E-state index contributed by atoms with van der Waals surface area (Å²) >= 11 is 0. The van der Waals surface area contributed by atoms with Crippen molar-refractivity contribution in [2.45, 2.75) is 30.8 Å². The molecule has 0 amide bonds. The standard InChI is InChI=1S/C14H20N2O4S.ClH/c1-10-11(2)16(7-6-15-10)21(17,18)13-5-3-4-12-14(13)20-9-8-19-12;/h3-5,10-11,15H,6-9H2,1-2H3;1H. The summed E-state index contributed by atoms with van der Waals surface area (Å²) in [7, 11) is -3.60. The van der Waals surface area contributed by atoms with Gasteiger partial charge < -0.3 is 14.8 Å². The minimum absolute atomic E-state index is 0. The normalized spacial score (nSPS) is 25.4. The molecule has 0 aromatic heterocycles. The van der Waals surface area contributed by atoms with E-state index in [1.54, 1.807) is 22.5 Å². The van der Waals surface area contributed by atoms with Gasteiger partial charge in [-0.25, -0.2) is 8.42 Å². The summed E-state index contributed by atoms with van der Waals surface area (Å²) in [4.78, 5) is 0.195. The Labute approximate surface area is 137 Å². The number of hydrogen-bond acceptors (Lipinski definition) is 5. The number of nitrogens with zero attached hydrogens (tertiary/aromatic N) is 1. The van der Waals surface area contributed by atoms with E-state index in [0.717, 1.165) is 0 Å². The van der Waals surface area contributed by atoms with Crippen LogP contribution in [-0.2, 0) is 10.0 Å². The second-order valence-corrected chi connectivity index (χ2v) is 7.24. The summed E-state index contributed by atoms with van der Waals surface area (Å²) in [6.45, 7) is 5.83. The highest BCUT2D eigenvalue weighted by Crippen LogP contribution is 2.38. The molecule has 2 unspecified atom stereocenters. The Morgan fingerprint density at radius 1 is 1.23 bits per heavy atom. The van der Waals surface area contributed by atoms with Crippen molar-refractivity contribution in [1.29, 1.82) is 0 Å². The van der Waals surface area contributed by atoms with E-state index in [0.29, 0.717) is 37.8 Å². The molecule has 1 saturated heterocycles. The zero-order valence-electron chi connectivity index (χ0n) is 12.6. The number of sulfonamides is 1. The van der Waals surface area contributed by atoms with Gasteiger partial charge in [0.25, 0.3) is 0 Å². The van der Waals surface area contributed by atoms with Crippen molar-refractivity contribution in [3.05, 3.63) is 18.2 Å². The Hall–Kier alpha value is -1.02. The van der Waals surface area contributed by atoms with Crippen LogP contribution in [0.1, 0.15) is 13.8 Å². The second kappa shape index (κ2) is 6.62. The van der Waals surface area contributed by atoms with Crippen molar-refractivity contribution in [3.8, 4) is 11.5 Å². The smallest absolute Gasteiger partial charge is 0.247 e. The van der Waals surface area contributed by atoms with Crippen molar-refractivity contribution in [3.63, 3.8) is 0 Å². The summed E-state index contributed by atoms with van der Waals surface area (Å²) < 4.78 is 38.5. The molecule has 1 aromatic carbocycles. The third kappa shape index (κ3) is 2.90. The fourth-order valence-corrected chi connectivity index (χ4v) is 4.59. The molecular formula is C14H21ClN2O4S. The first kappa shape index (κ1) is 17.3. The minimum atomic E-state index is -3.60. The number of ether oxygens (including phenoxy) is 2. The van der Waals surface area contributed by atoms with Gasteiger partial charge in [0.15, 0.2) is 11.5 Å². The average molecular weight is 349 g/mol. The van der Waals surface area contributed by atoms with Gasteiger partial charge in [0, 0.05) is 25.2 Å². The van der Waals surface area contributed by atoms with Crippen LogP contribution in [0.5, 0.6) is 11.5 Å². The van der Waals surface area contributed by atoms with E-state index in [2.05, 4.69) is 5.32 Å².